The smallest absolute Gasteiger partial charge is 0.335 e. The average Bonchev–Trinajstić information content (AvgIpc) is 2.43. The van der Waals surface area contributed by atoms with Crippen molar-refractivity contribution >= 4 is 5.97 Å². The van der Waals surface area contributed by atoms with Crippen molar-refractivity contribution in [2.75, 3.05) is 21.3 Å². The van der Waals surface area contributed by atoms with Crippen molar-refractivity contribution in [1.82, 2.24) is 0 Å². The molecule has 5 heteroatoms. The predicted molar refractivity (Wildman–Crippen MR) is 66.0 cm³/mol. The maximum Gasteiger partial charge on any atom is 0.335 e. The van der Waals surface area contributed by atoms with E-state index in [1.54, 1.807) is 32.2 Å². The third kappa shape index (κ3) is 2.92. The van der Waals surface area contributed by atoms with Crippen molar-refractivity contribution in [3.05, 3.63) is 23.8 Å². The van der Waals surface area contributed by atoms with Crippen molar-refractivity contribution in [2.45, 2.75) is 18.9 Å². The van der Waals surface area contributed by atoms with Crippen LogP contribution in [0.15, 0.2) is 18.2 Å². The number of benzene rings is 1. The first-order valence-electron chi connectivity index (χ1n) is 5.53. The number of methoxy groups -OCH3 is 3. The summed E-state index contributed by atoms with van der Waals surface area (Å²) in [6.45, 7) is 1.72. The lowest BCUT2D eigenvalue weighted by Crippen LogP contribution is -2.27. The fourth-order valence-corrected chi connectivity index (χ4v) is 1.69. The van der Waals surface area contributed by atoms with Crippen LogP contribution in [-0.2, 0) is 9.53 Å². The molecule has 0 fully saturated rings. The molecule has 0 spiro atoms. The highest BCUT2D eigenvalue weighted by atomic mass is 16.5. The van der Waals surface area contributed by atoms with Crippen molar-refractivity contribution in [3.8, 4) is 11.5 Å². The second-order valence-corrected chi connectivity index (χ2v) is 3.86. The summed E-state index contributed by atoms with van der Waals surface area (Å²) in [5, 5.41) is 9.85. The minimum atomic E-state index is -1.24. The Labute approximate surface area is 106 Å². The molecule has 5 nitrogen and oxygen atoms in total. The number of rotatable bonds is 5. The molecule has 0 aliphatic carbocycles. The molecule has 0 radical (unpaired) electrons. The predicted octanol–water partition coefficient (Wildman–Crippen LogP) is 1.34. The molecule has 1 rings (SSSR count). The molecule has 18 heavy (non-hydrogen) atoms. The second kappa shape index (κ2) is 6.26. The Hall–Kier alpha value is -1.75. The number of aliphatic hydroxyl groups is 1. The van der Waals surface area contributed by atoms with Gasteiger partial charge in [0.25, 0.3) is 0 Å². The van der Waals surface area contributed by atoms with Crippen LogP contribution in [0.2, 0.25) is 0 Å². The summed E-state index contributed by atoms with van der Waals surface area (Å²) in [7, 11) is 4.32. The highest BCUT2D eigenvalue weighted by Gasteiger charge is 2.27. The van der Waals surface area contributed by atoms with Crippen LogP contribution in [0.3, 0.4) is 0 Å². The third-order valence-electron chi connectivity index (χ3n) is 2.84. The minimum absolute atomic E-state index is 0.456. The number of carbonyl (C=O) groups is 1. The monoisotopic (exact) mass is 254 g/mol. The van der Waals surface area contributed by atoms with Crippen LogP contribution in [0.25, 0.3) is 0 Å². The van der Waals surface area contributed by atoms with E-state index in [1.807, 2.05) is 0 Å². The van der Waals surface area contributed by atoms with Crippen LogP contribution in [0, 0.1) is 0 Å². The fourth-order valence-electron chi connectivity index (χ4n) is 1.69. The molecule has 0 amide bonds. The van der Waals surface area contributed by atoms with E-state index in [-0.39, 0.29) is 0 Å². The van der Waals surface area contributed by atoms with Crippen LogP contribution in [0.5, 0.6) is 11.5 Å². The molecule has 0 aliphatic heterocycles. The maximum absolute atomic E-state index is 11.3. The maximum atomic E-state index is 11.3. The van der Waals surface area contributed by atoms with Crippen LogP contribution < -0.4 is 9.47 Å². The van der Waals surface area contributed by atoms with Crippen molar-refractivity contribution < 1.29 is 24.1 Å². The Morgan fingerprint density at radius 2 is 1.89 bits per heavy atom. The largest absolute Gasteiger partial charge is 0.497 e. The lowest BCUT2D eigenvalue weighted by molar-refractivity contribution is -0.151. The van der Waals surface area contributed by atoms with Crippen LogP contribution in [0.4, 0.5) is 0 Å². The topological polar surface area (TPSA) is 65.0 Å². The molecule has 0 heterocycles. The van der Waals surface area contributed by atoms with E-state index in [2.05, 4.69) is 4.74 Å². The second-order valence-electron chi connectivity index (χ2n) is 3.86. The van der Waals surface area contributed by atoms with Gasteiger partial charge in [-0.05, 0) is 18.2 Å². The first kappa shape index (κ1) is 14.3. The van der Waals surface area contributed by atoms with Crippen LogP contribution in [0.1, 0.15) is 18.4 Å². The zero-order valence-corrected chi connectivity index (χ0v) is 11.0. The molecule has 100 valence electrons. The van der Waals surface area contributed by atoms with E-state index < -0.39 is 18.0 Å². The number of carbonyl (C=O) groups excluding carboxylic acids is 1. The van der Waals surface area contributed by atoms with Gasteiger partial charge in [-0.25, -0.2) is 4.79 Å². The Kier molecular flexibility index (Phi) is 4.97. The van der Waals surface area contributed by atoms with Gasteiger partial charge >= 0.3 is 5.97 Å². The molecule has 2 atom stereocenters. The molecule has 1 aromatic carbocycles. The van der Waals surface area contributed by atoms with E-state index in [0.717, 1.165) is 0 Å². The van der Waals surface area contributed by atoms with Gasteiger partial charge in [0, 0.05) is 11.5 Å². The SMILES string of the molecule is COC(=O)C(O)C(C)c1cc(OC)ccc1OC. The third-order valence-corrected chi connectivity index (χ3v) is 2.84. The van der Waals surface area contributed by atoms with Gasteiger partial charge in [0.1, 0.15) is 11.5 Å². The molecule has 2 unspecified atom stereocenters. The Balaban J connectivity index is 3.09. The van der Waals surface area contributed by atoms with Gasteiger partial charge < -0.3 is 19.3 Å². The molecule has 0 saturated heterocycles. The van der Waals surface area contributed by atoms with Crippen molar-refractivity contribution in [2.24, 2.45) is 0 Å². The van der Waals surface area contributed by atoms with E-state index in [9.17, 15) is 9.90 Å². The van der Waals surface area contributed by atoms with E-state index in [4.69, 9.17) is 9.47 Å². The van der Waals surface area contributed by atoms with Crippen LogP contribution in [-0.4, -0.2) is 38.5 Å². The van der Waals surface area contributed by atoms with E-state index >= 15 is 0 Å². The lowest BCUT2D eigenvalue weighted by Gasteiger charge is -2.20. The van der Waals surface area contributed by atoms with Gasteiger partial charge in [-0.1, -0.05) is 6.92 Å². The summed E-state index contributed by atoms with van der Waals surface area (Å²) in [5.74, 6) is 0.0934. The quantitative estimate of drug-likeness (QED) is 0.803. The molecular formula is C13H18O5. The highest BCUT2D eigenvalue weighted by molar-refractivity contribution is 5.75. The Morgan fingerprint density at radius 3 is 2.39 bits per heavy atom. The molecule has 0 saturated carbocycles. The highest BCUT2D eigenvalue weighted by Crippen LogP contribution is 2.32. The average molecular weight is 254 g/mol. The van der Waals surface area contributed by atoms with Gasteiger partial charge in [0.2, 0.25) is 0 Å². The number of hydrogen-bond acceptors (Lipinski definition) is 5. The first-order valence-corrected chi connectivity index (χ1v) is 5.53. The minimum Gasteiger partial charge on any atom is -0.497 e. The van der Waals surface area contributed by atoms with Gasteiger partial charge in [-0.3, -0.25) is 0 Å². The zero-order chi connectivity index (χ0) is 13.7. The summed E-state index contributed by atoms with van der Waals surface area (Å²) in [5.41, 5.74) is 0.690. The molecule has 0 bridgehead atoms. The molecular weight excluding hydrogens is 236 g/mol. The van der Waals surface area contributed by atoms with Gasteiger partial charge in [0.15, 0.2) is 6.10 Å². The normalized spacial score (nSPS) is 13.6. The van der Waals surface area contributed by atoms with Crippen molar-refractivity contribution in [3.63, 3.8) is 0 Å². The number of ether oxygens (including phenoxy) is 3. The summed E-state index contributed by atoms with van der Waals surface area (Å²) in [4.78, 5) is 11.3. The summed E-state index contributed by atoms with van der Waals surface area (Å²) in [6, 6.07) is 5.21. The van der Waals surface area contributed by atoms with Crippen LogP contribution >= 0.6 is 0 Å². The Bertz CT molecular complexity index is 416. The molecule has 0 aromatic heterocycles. The molecule has 1 aromatic rings. The van der Waals surface area contributed by atoms with Gasteiger partial charge in [-0.15, -0.1) is 0 Å². The standard InChI is InChI=1S/C13H18O5/c1-8(12(14)13(15)18-4)10-7-9(16-2)5-6-11(10)17-3/h5-8,12,14H,1-4H3. The van der Waals surface area contributed by atoms with E-state index in [1.165, 1.54) is 14.2 Å². The number of aliphatic hydroxyl groups excluding tert-OH is 1. The zero-order valence-electron chi connectivity index (χ0n) is 11.0. The van der Waals surface area contributed by atoms with E-state index in [0.29, 0.717) is 17.1 Å². The summed E-state index contributed by atoms with van der Waals surface area (Å²) in [6.07, 6.45) is -1.24. The Morgan fingerprint density at radius 1 is 1.22 bits per heavy atom. The molecule has 1 N–H and O–H groups in total. The first-order chi connectivity index (χ1) is 8.54. The number of esters is 1. The lowest BCUT2D eigenvalue weighted by atomic mass is 9.94. The van der Waals surface area contributed by atoms with Crippen molar-refractivity contribution in [1.29, 1.82) is 0 Å². The summed E-state index contributed by atoms with van der Waals surface area (Å²) >= 11 is 0. The summed E-state index contributed by atoms with van der Waals surface area (Å²) < 4.78 is 14.9. The molecule has 0 aliphatic rings. The fraction of sp³-hybridized carbons (Fsp3) is 0.462. The number of hydrogen-bond donors (Lipinski definition) is 1. The van der Waals surface area contributed by atoms with Gasteiger partial charge in [-0.2, -0.15) is 0 Å². The van der Waals surface area contributed by atoms with Gasteiger partial charge in [0.05, 0.1) is 21.3 Å².